The van der Waals surface area contributed by atoms with E-state index in [1.807, 2.05) is 30.3 Å². The first-order chi connectivity index (χ1) is 14.0. The molecule has 0 aliphatic carbocycles. The van der Waals surface area contributed by atoms with E-state index in [-0.39, 0.29) is 6.61 Å². The Hall–Kier alpha value is -2.30. The molecule has 156 valence electrons. The number of aryl methyl sites for hydroxylation is 1. The Morgan fingerprint density at radius 3 is 2.55 bits per heavy atom. The number of fused-ring (bicyclic) bond motifs is 1. The summed E-state index contributed by atoms with van der Waals surface area (Å²) < 4.78 is 30.8. The SMILES string of the molecule is COC1O[C@@H]2COC(c3ccccc3)O[C@H]2[C@@H](OC)[C@@H]1n1cc(C)c(=O)[nH]c1=O. The van der Waals surface area contributed by atoms with Gasteiger partial charge in [0.2, 0.25) is 0 Å². The first-order valence-corrected chi connectivity index (χ1v) is 9.38. The number of hydrogen-bond donors (Lipinski definition) is 1. The van der Waals surface area contributed by atoms with Crippen LogP contribution < -0.4 is 11.2 Å². The number of rotatable bonds is 4. The van der Waals surface area contributed by atoms with Gasteiger partial charge in [0.05, 0.1) is 6.61 Å². The van der Waals surface area contributed by atoms with Crippen molar-refractivity contribution >= 4 is 0 Å². The lowest BCUT2D eigenvalue weighted by Gasteiger charge is -2.48. The van der Waals surface area contributed by atoms with Crippen LogP contribution in [0.15, 0.2) is 46.1 Å². The van der Waals surface area contributed by atoms with Gasteiger partial charge in [-0.3, -0.25) is 14.3 Å². The second kappa shape index (κ2) is 8.21. The van der Waals surface area contributed by atoms with Crippen LogP contribution in [-0.2, 0) is 23.7 Å². The molecular formula is C20H24N2O7. The zero-order valence-electron chi connectivity index (χ0n) is 16.4. The van der Waals surface area contributed by atoms with Gasteiger partial charge >= 0.3 is 5.69 Å². The minimum absolute atomic E-state index is 0.288. The van der Waals surface area contributed by atoms with Crippen molar-refractivity contribution in [2.75, 3.05) is 20.8 Å². The van der Waals surface area contributed by atoms with E-state index in [4.69, 9.17) is 23.7 Å². The van der Waals surface area contributed by atoms with E-state index in [9.17, 15) is 9.59 Å². The maximum Gasteiger partial charge on any atom is 0.328 e. The Bertz CT molecular complexity index is 957. The number of nitrogens with one attached hydrogen (secondary N) is 1. The van der Waals surface area contributed by atoms with Crippen LogP contribution in [0.5, 0.6) is 0 Å². The highest BCUT2D eigenvalue weighted by atomic mass is 16.7. The van der Waals surface area contributed by atoms with Gasteiger partial charge in [-0.15, -0.1) is 0 Å². The van der Waals surface area contributed by atoms with Crippen LogP contribution in [0.2, 0.25) is 0 Å². The van der Waals surface area contributed by atoms with Gasteiger partial charge in [0, 0.05) is 31.5 Å². The molecule has 0 bridgehead atoms. The topological polar surface area (TPSA) is 101 Å². The van der Waals surface area contributed by atoms with Gasteiger partial charge in [-0.1, -0.05) is 30.3 Å². The molecule has 3 heterocycles. The maximum absolute atomic E-state index is 12.5. The van der Waals surface area contributed by atoms with Gasteiger partial charge in [-0.25, -0.2) is 4.79 Å². The molecule has 1 aromatic carbocycles. The summed E-state index contributed by atoms with van der Waals surface area (Å²) in [5, 5.41) is 0. The van der Waals surface area contributed by atoms with Crippen molar-refractivity contribution in [2.45, 2.75) is 43.9 Å². The van der Waals surface area contributed by atoms with Crippen molar-refractivity contribution in [1.82, 2.24) is 9.55 Å². The summed E-state index contributed by atoms with van der Waals surface area (Å²) in [7, 11) is 3.04. The average Bonchev–Trinajstić information content (AvgIpc) is 2.75. The van der Waals surface area contributed by atoms with Crippen LogP contribution in [0.3, 0.4) is 0 Å². The van der Waals surface area contributed by atoms with E-state index >= 15 is 0 Å². The lowest BCUT2D eigenvalue weighted by molar-refractivity contribution is -0.349. The van der Waals surface area contributed by atoms with Gasteiger partial charge in [0.1, 0.15) is 24.4 Å². The quantitative estimate of drug-likeness (QED) is 0.808. The summed E-state index contributed by atoms with van der Waals surface area (Å²) in [5.74, 6) is 0. The minimum Gasteiger partial charge on any atom is -0.376 e. The molecule has 1 aromatic heterocycles. The van der Waals surface area contributed by atoms with Crippen LogP contribution in [0.4, 0.5) is 0 Å². The van der Waals surface area contributed by atoms with Crippen LogP contribution in [-0.4, -0.2) is 55.0 Å². The molecule has 0 spiro atoms. The highest BCUT2D eigenvalue weighted by Gasteiger charge is 2.51. The fraction of sp³-hybridized carbons (Fsp3) is 0.500. The number of aromatic amines is 1. The molecule has 6 atom stereocenters. The highest BCUT2D eigenvalue weighted by molar-refractivity contribution is 5.17. The molecule has 0 radical (unpaired) electrons. The summed E-state index contributed by atoms with van der Waals surface area (Å²) in [5.41, 5.74) is 0.272. The van der Waals surface area contributed by atoms with Gasteiger partial charge in [-0.2, -0.15) is 0 Å². The van der Waals surface area contributed by atoms with Crippen molar-refractivity contribution in [3.05, 3.63) is 68.5 Å². The van der Waals surface area contributed by atoms with E-state index in [1.165, 1.54) is 17.9 Å². The molecule has 2 aromatic rings. The lowest BCUT2D eigenvalue weighted by Crippen LogP contribution is -2.61. The predicted molar refractivity (Wildman–Crippen MR) is 102 cm³/mol. The smallest absolute Gasteiger partial charge is 0.328 e. The zero-order valence-corrected chi connectivity index (χ0v) is 16.4. The Kier molecular flexibility index (Phi) is 5.66. The van der Waals surface area contributed by atoms with Crippen LogP contribution in [0.25, 0.3) is 0 Å². The number of methoxy groups -OCH3 is 2. The van der Waals surface area contributed by atoms with Crippen molar-refractivity contribution in [3.8, 4) is 0 Å². The third kappa shape index (κ3) is 3.67. The number of benzene rings is 1. The van der Waals surface area contributed by atoms with Gasteiger partial charge < -0.3 is 23.7 Å². The third-order valence-electron chi connectivity index (χ3n) is 5.35. The largest absolute Gasteiger partial charge is 0.376 e. The molecule has 9 nitrogen and oxygen atoms in total. The van der Waals surface area contributed by atoms with Crippen molar-refractivity contribution < 1.29 is 23.7 Å². The van der Waals surface area contributed by atoms with E-state index < -0.39 is 48.2 Å². The highest BCUT2D eigenvalue weighted by Crippen LogP contribution is 2.39. The third-order valence-corrected chi connectivity index (χ3v) is 5.35. The molecule has 1 N–H and O–H groups in total. The molecule has 0 saturated carbocycles. The number of ether oxygens (including phenoxy) is 5. The molecule has 4 rings (SSSR count). The van der Waals surface area contributed by atoms with E-state index in [0.29, 0.717) is 5.56 Å². The Labute approximate surface area is 167 Å². The molecular weight excluding hydrogens is 380 g/mol. The molecule has 0 amide bonds. The fourth-order valence-corrected chi connectivity index (χ4v) is 3.90. The molecule has 2 unspecified atom stereocenters. The minimum atomic E-state index is -0.787. The summed E-state index contributed by atoms with van der Waals surface area (Å²) >= 11 is 0. The van der Waals surface area contributed by atoms with E-state index in [0.717, 1.165) is 5.56 Å². The first-order valence-electron chi connectivity index (χ1n) is 9.38. The predicted octanol–water partition coefficient (Wildman–Crippen LogP) is 0.887. The molecule has 2 fully saturated rings. The Balaban J connectivity index is 1.70. The second-order valence-electron chi connectivity index (χ2n) is 7.12. The van der Waals surface area contributed by atoms with Crippen LogP contribution in [0, 0.1) is 6.92 Å². The maximum atomic E-state index is 12.5. The standard InChI is InChI=1S/C20H24N2O7/c1-11-9-22(20(24)21-17(11)23)14-16(25-2)15-13(28-19(14)26-3)10-27-18(29-15)12-7-5-4-6-8-12/h4-9,13-16,18-19H,10H2,1-3H3,(H,21,23,24)/t13-,14+,15-,16+,18?,19?/m1/s1. The number of hydrogen-bond acceptors (Lipinski definition) is 7. The Morgan fingerprint density at radius 1 is 1.10 bits per heavy atom. The average molecular weight is 404 g/mol. The molecule has 29 heavy (non-hydrogen) atoms. The van der Waals surface area contributed by atoms with E-state index in [2.05, 4.69) is 4.98 Å². The van der Waals surface area contributed by atoms with Crippen molar-refractivity contribution in [1.29, 1.82) is 0 Å². The second-order valence-corrected chi connectivity index (χ2v) is 7.12. The van der Waals surface area contributed by atoms with E-state index in [1.54, 1.807) is 14.0 Å². The molecule has 2 saturated heterocycles. The van der Waals surface area contributed by atoms with Crippen LogP contribution in [0.1, 0.15) is 23.5 Å². The molecule has 2 aliphatic heterocycles. The lowest BCUT2D eigenvalue weighted by atomic mass is 9.95. The summed E-state index contributed by atoms with van der Waals surface area (Å²) in [6.07, 6.45) is -1.38. The van der Waals surface area contributed by atoms with Gasteiger partial charge in [0.25, 0.3) is 5.56 Å². The number of H-pyrrole nitrogens is 1. The summed E-state index contributed by atoms with van der Waals surface area (Å²) in [6, 6.07) is 8.91. The van der Waals surface area contributed by atoms with Crippen LogP contribution >= 0.6 is 0 Å². The van der Waals surface area contributed by atoms with Gasteiger partial charge in [-0.05, 0) is 6.92 Å². The van der Waals surface area contributed by atoms with Crippen molar-refractivity contribution in [3.63, 3.8) is 0 Å². The normalized spacial score (nSPS) is 32.0. The Morgan fingerprint density at radius 2 is 1.86 bits per heavy atom. The summed E-state index contributed by atoms with van der Waals surface area (Å²) in [6.45, 7) is 1.91. The number of aromatic nitrogens is 2. The zero-order chi connectivity index (χ0) is 20.5. The monoisotopic (exact) mass is 404 g/mol. The van der Waals surface area contributed by atoms with Gasteiger partial charge in [0.15, 0.2) is 12.6 Å². The molecule has 9 heteroatoms. The number of nitrogens with zero attached hydrogens (tertiary/aromatic N) is 1. The first kappa shape index (κ1) is 20.0. The van der Waals surface area contributed by atoms with Crippen molar-refractivity contribution in [2.24, 2.45) is 0 Å². The molecule has 2 aliphatic rings. The fourth-order valence-electron chi connectivity index (χ4n) is 3.90. The summed E-state index contributed by atoms with van der Waals surface area (Å²) in [4.78, 5) is 26.7.